The molecule has 0 aromatic heterocycles. The van der Waals surface area contributed by atoms with E-state index in [0.717, 1.165) is 25.0 Å². The Hall–Kier alpha value is -2.87. The van der Waals surface area contributed by atoms with Crippen molar-refractivity contribution < 1.29 is 26.4 Å². The molecule has 2 aromatic rings. The summed E-state index contributed by atoms with van der Waals surface area (Å²) in [5.41, 5.74) is 0.626. The summed E-state index contributed by atoms with van der Waals surface area (Å²) in [5, 5.41) is 5.11. The first-order valence-corrected chi connectivity index (χ1v) is 13.0. The normalized spacial score (nSPS) is 13.9. The third-order valence-electron chi connectivity index (χ3n) is 4.58. The first-order chi connectivity index (χ1) is 15.0. The predicted octanol–water partition coefficient (Wildman–Crippen LogP) is 2.25. The Kier molecular flexibility index (Phi) is 6.93. The Balaban J connectivity index is 1.90. The molecular weight excluding hydrogens is 452 g/mol. The van der Waals surface area contributed by atoms with Crippen LogP contribution < -0.4 is 14.6 Å². The zero-order valence-electron chi connectivity index (χ0n) is 17.7. The van der Waals surface area contributed by atoms with Gasteiger partial charge >= 0.3 is 0 Å². The number of ether oxygens (including phenoxy) is 1. The number of amides is 1. The van der Waals surface area contributed by atoms with Crippen LogP contribution in [-0.4, -0.2) is 29.3 Å². The van der Waals surface area contributed by atoms with E-state index in [1.54, 1.807) is 6.07 Å². The maximum atomic E-state index is 12.7. The molecule has 2 aromatic carbocycles. The summed E-state index contributed by atoms with van der Waals surface area (Å²) in [5.74, 6) is 6.11. The van der Waals surface area contributed by atoms with Crippen LogP contribution in [0.2, 0.25) is 0 Å². The van der Waals surface area contributed by atoms with E-state index in [1.165, 1.54) is 24.3 Å². The topological polar surface area (TPSA) is 133 Å². The zero-order valence-corrected chi connectivity index (χ0v) is 19.3. The lowest BCUT2D eigenvalue weighted by Crippen LogP contribution is -2.32. The van der Waals surface area contributed by atoms with E-state index >= 15 is 0 Å². The molecule has 1 fully saturated rings. The predicted molar refractivity (Wildman–Crippen MR) is 119 cm³/mol. The molecule has 170 valence electrons. The molecular formula is C22H24N2O6S2. The van der Waals surface area contributed by atoms with Crippen molar-refractivity contribution in [2.75, 3.05) is 6.61 Å². The van der Waals surface area contributed by atoms with E-state index in [0.29, 0.717) is 23.8 Å². The van der Waals surface area contributed by atoms with Gasteiger partial charge in [-0.25, -0.2) is 26.7 Å². The summed E-state index contributed by atoms with van der Waals surface area (Å²) in [6.45, 7) is 4.38. The second kappa shape index (κ2) is 9.32. The number of rotatable bonds is 7. The monoisotopic (exact) mass is 476 g/mol. The molecule has 3 N–H and O–H groups in total. The summed E-state index contributed by atoms with van der Waals surface area (Å²) in [7, 11) is -8.83. The standard InChI is InChI=1S/C22H24N2O6S2/c1-15(2)7-10-17-11-12-18(13-19(17)30-14-16-8-9-16)22(25)24-32(28,29)21-6-4-3-5-20(21)31(23,26)27/h3-6,11-13,15-16H,8-9,14H2,1-2H3,(H,24,25)(H2,23,26,27). The molecule has 1 saturated carbocycles. The molecule has 3 rings (SSSR count). The zero-order chi connectivity index (χ0) is 23.5. The fourth-order valence-electron chi connectivity index (χ4n) is 2.74. The Bertz CT molecular complexity index is 1300. The fraction of sp³-hybridized carbons (Fsp3) is 0.318. The molecule has 1 amide bonds. The molecule has 0 aliphatic heterocycles. The Labute approximate surface area is 188 Å². The van der Waals surface area contributed by atoms with Crippen molar-refractivity contribution in [2.24, 2.45) is 17.0 Å². The molecule has 10 heteroatoms. The first-order valence-electron chi connectivity index (χ1n) is 9.95. The number of hydrogen-bond donors (Lipinski definition) is 2. The van der Waals surface area contributed by atoms with Gasteiger partial charge in [-0.1, -0.05) is 37.8 Å². The molecule has 1 aliphatic carbocycles. The highest BCUT2D eigenvalue weighted by Gasteiger charge is 2.27. The highest BCUT2D eigenvalue weighted by molar-refractivity contribution is 7.92. The van der Waals surface area contributed by atoms with Crippen LogP contribution in [0.4, 0.5) is 0 Å². The summed E-state index contributed by atoms with van der Waals surface area (Å²) >= 11 is 0. The number of carbonyl (C=O) groups is 1. The minimum absolute atomic E-state index is 0.0301. The van der Waals surface area contributed by atoms with Gasteiger partial charge in [0.2, 0.25) is 10.0 Å². The highest BCUT2D eigenvalue weighted by Crippen LogP contribution is 2.31. The van der Waals surface area contributed by atoms with Crippen molar-refractivity contribution in [3.05, 3.63) is 53.6 Å². The maximum Gasteiger partial charge on any atom is 0.265 e. The number of nitrogens with one attached hydrogen (secondary N) is 1. The van der Waals surface area contributed by atoms with Gasteiger partial charge in [-0.2, -0.15) is 0 Å². The van der Waals surface area contributed by atoms with Gasteiger partial charge in [0.1, 0.15) is 15.5 Å². The van der Waals surface area contributed by atoms with E-state index in [9.17, 15) is 21.6 Å². The van der Waals surface area contributed by atoms with Gasteiger partial charge < -0.3 is 4.74 Å². The summed E-state index contributed by atoms with van der Waals surface area (Å²) in [6.07, 6.45) is 2.16. The molecule has 0 spiro atoms. The molecule has 0 heterocycles. The van der Waals surface area contributed by atoms with E-state index in [4.69, 9.17) is 9.88 Å². The lowest BCUT2D eigenvalue weighted by Gasteiger charge is -2.12. The fourth-order valence-corrected chi connectivity index (χ4v) is 5.10. The van der Waals surface area contributed by atoms with Gasteiger partial charge in [0, 0.05) is 11.5 Å². The third-order valence-corrected chi connectivity index (χ3v) is 7.07. The Morgan fingerprint density at radius 2 is 1.78 bits per heavy atom. The summed E-state index contributed by atoms with van der Waals surface area (Å²) < 4.78 is 56.7. The van der Waals surface area contributed by atoms with Gasteiger partial charge in [0.15, 0.2) is 0 Å². The minimum atomic E-state index is -4.51. The molecule has 0 unspecified atom stereocenters. The number of primary sulfonamides is 1. The number of carbonyl (C=O) groups excluding carboxylic acids is 1. The number of sulfonamides is 2. The quantitative estimate of drug-likeness (QED) is 0.589. The van der Waals surface area contributed by atoms with Crippen LogP contribution in [0.25, 0.3) is 0 Å². The smallest absolute Gasteiger partial charge is 0.265 e. The molecule has 0 saturated heterocycles. The highest BCUT2D eigenvalue weighted by atomic mass is 32.2. The van der Waals surface area contributed by atoms with Gasteiger partial charge in [0.25, 0.3) is 15.9 Å². The van der Waals surface area contributed by atoms with E-state index in [-0.39, 0.29) is 11.5 Å². The number of nitrogens with two attached hydrogens (primary N) is 1. The van der Waals surface area contributed by atoms with Crippen molar-refractivity contribution in [3.8, 4) is 17.6 Å². The van der Waals surface area contributed by atoms with Crippen LogP contribution in [0.3, 0.4) is 0 Å². The van der Waals surface area contributed by atoms with E-state index in [1.807, 2.05) is 18.6 Å². The third kappa shape index (κ3) is 6.09. The van der Waals surface area contributed by atoms with Crippen molar-refractivity contribution >= 4 is 26.0 Å². The number of hydrogen-bond acceptors (Lipinski definition) is 6. The maximum absolute atomic E-state index is 12.7. The van der Waals surface area contributed by atoms with Gasteiger partial charge in [-0.15, -0.1) is 0 Å². The minimum Gasteiger partial charge on any atom is -0.492 e. The summed E-state index contributed by atoms with van der Waals surface area (Å²) in [4.78, 5) is 11.5. The Morgan fingerprint density at radius 1 is 1.12 bits per heavy atom. The number of benzene rings is 2. The van der Waals surface area contributed by atoms with Gasteiger partial charge in [0.05, 0.1) is 12.2 Å². The molecule has 0 atom stereocenters. The molecule has 8 nitrogen and oxygen atoms in total. The molecule has 32 heavy (non-hydrogen) atoms. The van der Waals surface area contributed by atoms with Crippen LogP contribution >= 0.6 is 0 Å². The summed E-state index contributed by atoms with van der Waals surface area (Å²) in [6, 6.07) is 9.25. The largest absolute Gasteiger partial charge is 0.492 e. The SMILES string of the molecule is CC(C)C#Cc1ccc(C(=O)NS(=O)(=O)c2ccccc2S(N)(=O)=O)cc1OCC1CC1. The average Bonchev–Trinajstić information content (AvgIpc) is 3.54. The second-order valence-corrected chi connectivity index (χ2v) is 11.0. The first kappa shape index (κ1) is 23.8. The molecule has 1 aliphatic rings. The van der Waals surface area contributed by atoms with E-state index < -0.39 is 35.7 Å². The average molecular weight is 477 g/mol. The van der Waals surface area contributed by atoms with Gasteiger partial charge in [-0.3, -0.25) is 4.79 Å². The van der Waals surface area contributed by atoms with Crippen LogP contribution in [0.5, 0.6) is 5.75 Å². The lowest BCUT2D eigenvalue weighted by atomic mass is 10.1. The van der Waals surface area contributed by atoms with E-state index in [2.05, 4.69) is 11.8 Å². The van der Waals surface area contributed by atoms with Crippen molar-refractivity contribution in [3.63, 3.8) is 0 Å². The van der Waals surface area contributed by atoms with Crippen molar-refractivity contribution in [1.29, 1.82) is 0 Å². The lowest BCUT2D eigenvalue weighted by molar-refractivity contribution is 0.0981. The molecule has 0 radical (unpaired) electrons. The van der Waals surface area contributed by atoms with Gasteiger partial charge in [-0.05, 0) is 49.1 Å². The second-order valence-electron chi connectivity index (χ2n) is 7.82. The van der Waals surface area contributed by atoms with Crippen molar-refractivity contribution in [1.82, 2.24) is 4.72 Å². The van der Waals surface area contributed by atoms with Crippen LogP contribution in [0, 0.1) is 23.7 Å². The van der Waals surface area contributed by atoms with Crippen LogP contribution in [-0.2, 0) is 20.0 Å². The van der Waals surface area contributed by atoms with Crippen molar-refractivity contribution in [2.45, 2.75) is 36.5 Å². The Morgan fingerprint density at radius 3 is 2.38 bits per heavy atom. The van der Waals surface area contributed by atoms with Crippen LogP contribution in [0.15, 0.2) is 52.3 Å². The van der Waals surface area contributed by atoms with Crippen LogP contribution in [0.1, 0.15) is 42.6 Å². The molecule has 0 bridgehead atoms.